The molecule has 2 unspecified atom stereocenters. The molecule has 0 aromatic heterocycles. The third-order valence-electron chi connectivity index (χ3n) is 1.72. The van der Waals surface area contributed by atoms with Gasteiger partial charge in [-0.1, -0.05) is 18.2 Å². The van der Waals surface area contributed by atoms with Crippen molar-refractivity contribution in [1.29, 1.82) is 0 Å². The average molecular weight is 215 g/mol. The maximum atomic E-state index is 13.1. The molecule has 2 N–H and O–H groups in total. The third-order valence-corrected chi connectivity index (χ3v) is 3.25. The average Bonchev–Trinajstić information content (AvgIpc) is 2.07. The molecule has 0 radical (unpaired) electrons. The minimum Gasteiger partial charge on any atom is -0.327 e. The van der Waals surface area contributed by atoms with E-state index in [0.29, 0.717) is 11.3 Å². The van der Waals surface area contributed by atoms with E-state index in [9.17, 15) is 8.60 Å². The van der Waals surface area contributed by atoms with Gasteiger partial charge in [0.2, 0.25) is 0 Å². The number of hydrogen-bond acceptors (Lipinski definition) is 2. The molecule has 4 heteroatoms. The summed E-state index contributed by atoms with van der Waals surface area (Å²) >= 11 is 0. The van der Waals surface area contributed by atoms with Gasteiger partial charge in [-0.2, -0.15) is 0 Å². The fourth-order valence-electron chi connectivity index (χ4n) is 1.14. The first-order chi connectivity index (χ1) is 6.59. The summed E-state index contributed by atoms with van der Waals surface area (Å²) < 4.78 is 24.6. The van der Waals surface area contributed by atoms with E-state index < -0.39 is 10.8 Å². The maximum absolute atomic E-state index is 13.1. The Labute approximate surface area is 85.8 Å². The van der Waals surface area contributed by atoms with Crippen molar-refractivity contribution in [1.82, 2.24) is 0 Å². The van der Waals surface area contributed by atoms with Crippen LogP contribution in [0.5, 0.6) is 0 Å². The zero-order valence-corrected chi connectivity index (χ0v) is 8.89. The zero-order valence-electron chi connectivity index (χ0n) is 8.07. The molecule has 0 aliphatic heterocycles. The Morgan fingerprint density at radius 1 is 1.50 bits per heavy atom. The van der Waals surface area contributed by atoms with Gasteiger partial charge in [-0.15, -0.1) is 0 Å². The fourth-order valence-corrected chi connectivity index (χ4v) is 2.43. The molecule has 2 atom stereocenters. The minimum atomic E-state index is -1.08. The molecule has 1 rings (SSSR count). The van der Waals surface area contributed by atoms with Crippen LogP contribution in [-0.2, 0) is 16.6 Å². The molecule has 0 saturated carbocycles. The van der Waals surface area contributed by atoms with E-state index in [2.05, 4.69) is 0 Å². The first kappa shape index (κ1) is 11.3. The van der Waals surface area contributed by atoms with E-state index in [-0.39, 0.29) is 17.6 Å². The summed E-state index contributed by atoms with van der Waals surface area (Å²) in [5.41, 5.74) is 5.99. The lowest BCUT2D eigenvalue weighted by molar-refractivity contribution is 0.615. The highest BCUT2D eigenvalue weighted by atomic mass is 32.2. The Morgan fingerprint density at radius 2 is 2.14 bits per heavy atom. The molecular weight excluding hydrogens is 201 g/mol. The quantitative estimate of drug-likeness (QED) is 0.825. The van der Waals surface area contributed by atoms with E-state index >= 15 is 0 Å². The summed E-state index contributed by atoms with van der Waals surface area (Å²) in [6, 6.07) is 6.27. The van der Waals surface area contributed by atoms with Crippen LogP contribution in [0.1, 0.15) is 12.5 Å². The van der Waals surface area contributed by atoms with Gasteiger partial charge in [0.15, 0.2) is 0 Å². The number of hydrogen-bond donors (Lipinski definition) is 1. The minimum absolute atomic E-state index is 0.109. The molecule has 0 aliphatic rings. The zero-order chi connectivity index (χ0) is 10.6. The molecule has 0 fully saturated rings. The first-order valence-electron chi connectivity index (χ1n) is 4.43. The number of rotatable bonds is 4. The Kier molecular flexibility index (Phi) is 4.22. The van der Waals surface area contributed by atoms with Crippen LogP contribution in [0.4, 0.5) is 4.39 Å². The lowest BCUT2D eigenvalue weighted by Crippen LogP contribution is -2.23. The Balaban J connectivity index is 2.61. The molecule has 14 heavy (non-hydrogen) atoms. The van der Waals surface area contributed by atoms with Crippen molar-refractivity contribution >= 4 is 10.8 Å². The van der Waals surface area contributed by atoms with Gasteiger partial charge in [0, 0.05) is 28.2 Å². The van der Waals surface area contributed by atoms with Gasteiger partial charge < -0.3 is 5.73 Å². The number of benzene rings is 1. The summed E-state index contributed by atoms with van der Waals surface area (Å²) in [7, 11) is -1.08. The smallest absolute Gasteiger partial charge is 0.127 e. The fraction of sp³-hybridized carbons (Fsp3) is 0.400. The van der Waals surface area contributed by atoms with E-state index in [0.717, 1.165) is 0 Å². The summed E-state index contributed by atoms with van der Waals surface area (Å²) in [6.45, 7) is 1.79. The normalized spacial score (nSPS) is 15.1. The molecule has 0 bridgehead atoms. The van der Waals surface area contributed by atoms with Crippen molar-refractivity contribution in [2.75, 3.05) is 5.75 Å². The molecule has 1 aromatic carbocycles. The van der Waals surface area contributed by atoms with Gasteiger partial charge >= 0.3 is 0 Å². The molecule has 0 amide bonds. The predicted molar refractivity (Wildman–Crippen MR) is 56.8 cm³/mol. The van der Waals surface area contributed by atoms with Crippen molar-refractivity contribution in [2.45, 2.75) is 18.7 Å². The largest absolute Gasteiger partial charge is 0.327 e. The molecular formula is C10H14FNOS. The summed E-state index contributed by atoms with van der Waals surface area (Å²) in [5.74, 6) is 0.355. The monoisotopic (exact) mass is 215 g/mol. The molecule has 0 spiro atoms. The second kappa shape index (κ2) is 5.22. The van der Waals surface area contributed by atoms with Gasteiger partial charge in [0.25, 0.3) is 0 Å². The summed E-state index contributed by atoms with van der Waals surface area (Å²) in [6.07, 6.45) is 0. The third kappa shape index (κ3) is 3.55. The highest BCUT2D eigenvalue weighted by molar-refractivity contribution is 7.84. The van der Waals surface area contributed by atoms with Crippen molar-refractivity contribution < 1.29 is 8.60 Å². The summed E-state index contributed by atoms with van der Waals surface area (Å²) in [5, 5.41) is 0. The Morgan fingerprint density at radius 3 is 2.71 bits per heavy atom. The van der Waals surface area contributed by atoms with Crippen molar-refractivity contribution in [3.8, 4) is 0 Å². The van der Waals surface area contributed by atoms with Crippen LogP contribution in [-0.4, -0.2) is 16.0 Å². The van der Waals surface area contributed by atoms with Gasteiger partial charge in [0.1, 0.15) is 5.82 Å². The van der Waals surface area contributed by atoms with Crippen LogP contribution >= 0.6 is 0 Å². The van der Waals surface area contributed by atoms with Crippen LogP contribution < -0.4 is 5.73 Å². The lowest BCUT2D eigenvalue weighted by Gasteiger charge is -2.05. The van der Waals surface area contributed by atoms with Gasteiger partial charge in [-0.3, -0.25) is 4.21 Å². The van der Waals surface area contributed by atoms with E-state index in [1.807, 2.05) is 0 Å². The van der Waals surface area contributed by atoms with E-state index in [1.165, 1.54) is 6.07 Å². The SMILES string of the molecule is CC(N)CS(=O)Cc1ccccc1F. The maximum Gasteiger partial charge on any atom is 0.127 e. The molecule has 2 nitrogen and oxygen atoms in total. The topological polar surface area (TPSA) is 43.1 Å². The van der Waals surface area contributed by atoms with E-state index in [4.69, 9.17) is 5.73 Å². The number of nitrogens with two attached hydrogens (primary N) is 1. The second-order valence-corrected chi connectivity index (χ2v) is 4.82. The van der Waals surface area contributed by atoms with Gasteiger partial charge in [0.05, 0.1) is 5.75 Å². The number of halogens is 1. The Bertz CT molecular complexity index is 328. The second-order valence-electron chi connectivity index (χ2n) is 3.32. The lowest BCUT2D eigenvalue weighted by atomic mass is 10.2. The molecule has 0 heterocycles. The van der Waals surface area contributed by atoms with Gasteiger partial charge in [-0.05, 0) is 13.0 Å². The highest BCUT2D eigenvalue weighted by Crippen LogP contribution is 2.09. The van der Waals surface area contributed by atoms with Crippen LogP contribution in [0.15, 0.2) is 24.3 Å². The molecule has 0 aliphatic carbocycles. The van der Waals surface area contributed by atoms with Crippen LogP contribution in [0.2, 0.25) is 0 Å². The Hall–Kier alpha value is -0.740. The van der Waals surface area contributed by atoms with Crippen molar-refractivity contribution in [3.63, 3.8) is 0 Å². The molecule has 78 valence electrons. The molecule has 1 aromatic rings. The predicted octanol–water partition coefficient (Wildman–Crippen LogP) is 1.42. The van der Waals surface area contributed by atoms with Gasteiger partial charge in [-0.25, -0.2) is 4.39 Å². The van der Waals surface area contributed by atoms with Crippen LogP contribution in [0.3, 0.4) is 0 Å². The van der Waals surface area contributed by atoms with Crippen LogP contribution in [0.25, 0.3) is 0 Å². The standard InChI is InChI=1S/C10H14FNOS/c1-8(12)6-14(13)7-9-4-2-3-5-10(9)11/h2-5,8H,6-7,12H2,1H3. The highest BCUT2D eigenvalue weighted by Gasteiger charge is 2.07. The molecule has 0 saturated heterocycles. The van der Waals surface area contributed by atoms with Crippen molar-refractivity contribution in [2.24, 2.45) is 5.73 Å². The van der Waals surface area contributed by atoms with Crippen molar-refractivity contribution in [3.05, 3.63) is 35.6 Å². The van der Waals surface area contributed by atoms with E-state index in [1.54, 1.807) is 25.1 Å². The first-order valence-corrected chi connectivity index (χ1v) is 5.92. The van der Waals surface area contributed by atoms with Crippen LogP contribution in [0, 0.1) is 5.82 Å². The summed E-state index contributed by atoms with van der Waals surface area (Å²) in [4.78, 5) is 0.